The first-order valence-corrected chi connectivity index (χ1v) is 5.84. The lowest BCUT2D eigenvalue weighted by Gasteiger charge is -2.32. The van der Waals surface area contributed by atoms with Gasteiger partial charge in [-0.3, -0.25) is 4.99 Å². The average Bonchev–Trinajstić information content (AvgIpc) is 2.69. The predicted octanol–water partition coefficient (Wildman–Crippen LogP) is 2.46. The lowest BCUT2D eigenvalue weighted by Crippen LogP contribution is -2.37. The van der Waals surface area contributed by atoms with Crippen LogP contribution < -0.4 is 5.32 Å². The van der Waals surface area contributed by atoms with Gasteiger partial charge < -0.3 is 10.4 Å². The van der Waals surface area contributed by atoms with Gasteiger partial charge in [0.2, 0.25) is 0 Å². The molecule has 0 aromatic heterocycles. The largest absolute Gasteiger partial charge is 0.465 e. The van der Waals surface area contributed by atoms with Crippen LogP contribution in [0.15, 0.2) is 17.1 Å². The Kier molecular flexibility index (Phi) is 4.52. The van der Waals surface area contributed by atoms with Crippen LogP contribution in [0.4, 0.5) is 4.79 Å². The summed E-state index contributed by atoms with van der Waals surface area (Å²) in [6.45, 7) is 4.76. The maximum absolute atomic E-state index is 10.4. The minimum Gasteiger partial charge on any atom is -0.465 e. The fourth-order valence-corrected chi connectivity index (χ4v) is 2.39. The quantitative estimate of drug-likeness (QED) is 0.728. The van der Waals surface area contributed by atoms with Crippen molar-refractivity contribution < 1.29 is 9.90 Å². The van der Waals surface area contributed by atoms with Gasteiger partial charge in [0.25, 0.3) is 0 Å². The molecule has 4 nitrogen and oxygen atoms in total. The molecule has 16 heavy (non-hydrogen) atoms. The summed E-state index contributed by atoms with van der Waals surface area (Å²) >= 11 is 0. The highest BCUT2D eigenvalue weighted by Gasteiger charge is 2.34. The number of aliphatic imine (C=N–C) groups is 1. The monoisotopic (exact) mass is 224 g/mol. The molecule has 0 aromatic carbocycles. The Hall–Kier alpha value is -1.32. The minimum atomic E-state index is -0.967. The van der Waals surface area contributed by atoms with Crippen LogP contribution in [0.2, 0.25) is 0 Å². The zero-order valence-electron chi connectivity index (χ0n) is 9.94. The Morgan fingerprint density at radius 2 is 2.19 bits per heavy atom. The van der Waals surface area contributed by atoms with Crippen LogP contribution in [0.5, 0.6) is 0 Å². The summed E-state index contributed by atoms with van der Waals surface area (Å²) in [5.74, 6) is 0.484. The van der Waals surface area contributed by atoms with E-state index in [4.69, 9.17) is 5.11 Å². The molecule has 0 spiro atoms. The van der Waals surface area contributed by atoms with Crippen LogP contribution in [-0.4, -0.2) is 29.5 Å². The van der Waals surface area contributed by atoms with Crippen LogP contribution in [-0.2, 0) is 0 Å². The number of allylic oxidation sites excluding steroid dienone is 1. The van der Waals surface area contributed by atoms with Crippen molar-refractivity contribution in [2.24, 2.45) is 10.9 Å². The van der Waals surface area contributed by atoms with Crippen molar-refractivity contribution in [2.75, 3.05) is 6.54 Å². The van der Waals surface area contributed by atoms with Gasteiger partial charge in [-0.25, -0.2) is 4.79 Å². The van der Waals surface area contributed by atoms with E-state index in [1.54, 1.807) is 0 Å². The number of carbonyl (C=O) groups is 1. The highest BCUT2D eigenvalue weighted by Crippen LogP contribution is 2.34. The summed E-state index contributed by atoms with van der Waals surface area (Å²) in [5, 5.41) is 11.0. The molecule has 90 valence electrons. The fourth-order valence-electron chi connectivity index (χ4n) is 2.39. The average molecular weight is 224 g/mol. The first kappa shape index (κ1) is 12.7. The Balaban J connectivity index is 2.63. The van der Waals surface area contributed by atoms with Gasteiger partial charge in [0, 0.05) is 12.8 Å². The summed E-state index contributed by atoms with van der Waals surface area (Å²) < 4.78 is 0. The van der Waals surface area contributed by atoms with E-state index < -0.39 is 6.09 Å². The van der Waals surface area contributed by atoms with Crippen molar-refractivity contribution in [3.05, 3.63) is 12.2 Å². The van der Waals surface area contributed by atoms with Gasteiger partial charge >= 0.3 is 6.09 Å². The van der Waals surface area contributed by atoms with Crippen molar-refractivity contribution >= 4 is 12.3 Å². The van der Waals surface area contributed by atoms with Gasteiger partial charge in [0.05, 0.1) is 5.54 Å². The molecule has 0 saturated heterocycles. The van der Waals surface area contributed by atoms with Crippen molar-refractivity contribution in [1.82, 2.24) is 5.32 Å². The van der Waals surface area contributed by atoms with Gasteiger partial charge in [-0.15, -0.1) is 0 Å². The molecule has 0 aromatic rings. The van der Waals surface area contributed by atoms with Crippen molar-refractivity contribution in [3.63, 3.8) is 0 Å². The Morgan fingerprint density at radius 3 is 2.62 bits per heavy atom. The number of carboxylic acid groups (broad SMARTS) is 1. The molecule has 0 aliphatic carbocycles. The van der Waals surface area contributed by atoms with Crippen LogP contribution in [0.25, 0.3) is 0 Å². The molecular formula is C12H20N2O2. The third-order valence-electron chi connectivity index (χ3n) is 3.28. The van der Waals surface area contributed by atoms with Crippen LogP contribution in [0, 0.1) is 5.92 Å². The van der Waals surface area contributed by atoms with Crippen LogP contribution in [0.3, 0.4) is 0 Å². The highest BCUT2D eigenvalue weighted by molar-refractivity contribution is 5.75. The molecule has 1 heterocycles. The third-order valence-corrected chi connectivity index (χ3v) is 3.28. The van der Waals surface area contributed by atoms with E-state index in [0.29, 0.717) is 12.5 Å². The number of nitrogens with one attached hydrogen (secondary N) is 1. The molecule has 1 aliphatic heterocycles. The third kappa shape index (κ3) is 2.84. The molecule has 1 aliphatic rings. The maximum Gasteiger partial charge on any atom is 0.404 e. The number of rotatable bonds is 6. The lowest BCUT2D eigenvalue weighted by atomic mass is 9.79. The van der Waals surface area contributed by atoms with Crippen molar-refractivity contribution in [2.45, 2.75) is 38.6 Å². The molecule has 1 rings (SSSR count). The van der Waals surface area contributed by atoms with E-state index in [-0.39, 0.29) is 5.54 Å². The predicted molar refractivity (Wildman–Crippen MR) is 65.1 cm³/mol. The van der Waals surface area contributed by atoms with Gasteiger partial charge in [-0.05, 0) is 18.4 Å². The zero-order valence-corrected chi connectivity index (χ0v) is 9.94. The van der Waals surface area contributed by atoms with E-state index in [9.17, 15) is 4.79 Å². The second kappa shape index (κ2) is 5.68. The molecule has 1 unspecified atom stereocenters. The van der Waals surface area contributed by atoms with Crippen LogP contribution >= 0.6 is 0 Å². The van der Waals surface area contributed by atoms with Gasteiger partial charge in [0.15, 0.2) is 0 Å². The number of nitrogens with zero attached hydrogens (tertiary/aromatic N) is 1. The Bertz CT molecular complexity index is 281. The van der Waals surface area contributed by atoms with Crippen LogP contribution in [0.1, 0.15) is 33.1 Å². The maximum atomic E-state index is 10.4. The minimum absolute atomic E-state index is 0.189. The van der Waals surface area contributed by atoms with Gasteiger partial charge in [0.1, 0.15) is 0 Å². The van der Waals surface area contributed by atoms with Crippen molar-refractivity contribution in [3.8, 4) is 0 Å². The van der Waals surface area contributed by atoms with E-state index in [2.05, 4.69) is 30.2 Å². The zero-order chi connectivity index (χ0) is 12.0. The first-order valence-electron chi connectivity index (χ1n) is 5.84. The topological polar surface area (TPSA) is 61.7 Å². The lowest BCUT2D eigenvalue weighted by molar-refractivity contribution is 0.192. The molecule has 0 fully saturated rings. The SMILES string of the molecule is CCC(CC)C1(CCNC(=O)O)C=CC=N1. The summed E-state index contributed by atoms with van der Waals surface area (Å²) in [7, 11) is 0. The van der Waals surface area contributed by atoms with E-state index in [1.807, 2.05) is 12.3 Å². The summed E-state index contributed by atoms with van der Waals surface area (Å²) in [5.41, 5.74) is -0.189. The highest BCUT2D eigenvalue weighted by atomic mass is 16.4. The molecule has 0 bridgehead atoms. The van der Waals surface area contributed by atoms with Gasteiger partial charge in [-0.1, -0.05) is 32.8 Å². The second-order valence-corrected chi connectivity index (χ2v) is 4.12. The van der Waals surface area contributed by atoms with Gasteiger partial charge in [-0.2, -0.15) is 0 Å². The summed E-state index contributed by atoms with van der Waals surface area (Å²) in [6, 6.07) is 0. The molecule has 0 radical (unpaired) electrons. The molecule has 1 amide bonds. The summed E-state index contributed by atoms with van der Waals surface area (Å²) in [4.78, 5) is 15.0. The molecule has 0 saturated carbocycles. The Morgan fingerprint density at radius 1 is 1.50 bits per heavy atom. The fraction of sp³-hybridized carbons (Fsp3) is 0.667. The summed E-state index contributed by atoms with van der Waals surface area (Å²) in [6.07, 6.45) is 7.77. The Labute approximate surface area is 96.5 Å². The molecule has 2 N–H and O–H groups in total. The molecule has 4 heteroatoms. The second-order valence-electron chi connectivity index (χ2n) is 4.12. The van der Waals surface area contributed by atoms with E-state index >= 15 is 0 Å². The number of hydrogen-bond acceptors (Lipinski definition) is 2. The standard InChI is InChI=1S/C12H20N2O2/c1-3-10(4-2)12(6-5-8-14-12)7-9-13-11(15)16/h5-6,8,10,13H,3-4,7,9H2,1-2H3,(H,15,16). The van der Waals surface area contributed by atoms with Crippen molar-refractivity contribution in [1.29, 1.82) is 0 Å². The molecule has 1 atom stereocenters. The smallest absolute Gasteiger partial charge is 0.404 e. The first-order chi connectivity index (χ1) is 7.64. The van der Waals surface area contributed by atoms with E-state index in [0.717, 1.165) is 19.3 Å². The van der Waals surface area contributed by atoms with E-state index in [1.165, 1.54) is 0 Å². The molecular weight excluding hydrogens is 204 g/mol. The number of amides is 1. The normalized spacial score (nSPS) is 22.9. The number of hydrogen-bond donors (Lipinski definition) is 2.